The van der Waals surface area contributed by atoms with Crippen LogP contribution >= 0.6 is 0 Å². The zero-order valence-corrected chi connectivity index (χ0v) is 15.4. The van der Waals surface area contributed by atoms with Crippen molar-refractivity contribution in [1.82, 2.24) is 14.9 Å². The summed E-state index contributed by atoms with van der Waals surface area (Å²) in [4.78, 5) is 30.6. The summed E-state index contributed by atoms with van der Waals surface area (Å²) >= 11 is 0. The van der Waals surface area contributed by atoms with Gasteiger partial charge in [0, 0.05) is 23.9 Å². The number of fused-ring (bicyclic) bond motifs is 2. The van der Waals surface area contributed by atoms with Gasteiger partial charge in [0.25, 0.3) is 5.56 Å². The maximum absolute atomic E-state index is 13.2. The number of nitrogen functional groups attached to an aromatic ring is 1. The summed E-state index contributed by atoms with van der Waals surface area (Å²) in [6.07, 6.45) is 1.75. The van der Waals surface area contributed by atoms with E-state index in [0.29, 0.717) is 34.8 Å². The standard InChI is InChI=1S/C20H20N4O4/c1-2-3-8-22-20(26)24-18(12-4-6-13(21)7-5-12)23-15-10-17-16(27-11-28-17)9-14(15)19(24)25/h4-7,9-10H,2-3,8,11,21H2,1H3,(H,22,26). The molecular weight excluding hydrogens is 360 g/mol. The van der Waals surface area contributed by atoms with Crippen LogP contribution in [-0.2, 0) is 0 Å². The van der Waals surface area contributed by atoms with Crippen LogP contribution in [0.2, 0.25) is 0 Å². The Hall–Kier alpha value is -3.55. The van der Waals surface area contributed by atoms with Gasteiger partial charge < -0.3 is 20.5 Å². The monoisotopic (exact) mass is 380 g/mol. The van der Waals surface area contributed by atoms with Gasteiger partial charge >= 0.3 is 6.03 Å². The van der Waals surface area contributed by atoms with E-state index in [1.807, 2.05) is 6.92 Å². The molecule has 28 heavy (non-hydrogen) atoms. The van der Waals surface area contributed by atoms with E-state index in [2.05, 4.69) is 10.3 Å². The van der Waals surface area contributed by atoms with Gasteiger partial charge in [0.15, 0.2) is 17.3 Å². The van der Waals surface area contributed by atoms with E-state index in [1.165, 1.54) is 0 Å². The quantitative estimate of drug-likeness (QED) is 0.532. The van der Waals surface area contributed by atoms with Gasteiger partial charge in [-0.15, -0.1) is 0 Å². The third kappa shape index (κ3) is 3.13. The van der Waals surface area contributed by atoms with Crippen LogP contribution in [0.15, 0.2) is 41.2 Å². The van der Waals surface area contributed by atoms with E-state index in [4.69, 9.17) is 15.2 Å². The highest BCUT2D eigenvalue weighted by Crippen LogP contribution is 2.35. The molecule has 0 radical (unpaired) electrons. The minimum Gasteiger partial charge on any atom is -0.454 e. The second-order valence-electron chi connectivity index (χ2n) is 6.51. The fraction of sp³-hybridized carbons (Fsp3) is 0.250. The van der Waals surface area contributed by atoms with Crippen LogP contribution < -0.4 is 26.1 Å². The number of aromatic nitrogens is 2. The molecule has 0 saturated carbocycles. The minimum atomic E-state index is -0.516. The van der Waals surface area contributed by atoms with Crippen LogP contribution in [0.4, 0.5) is 10.5 Å². The third-order valence-corrected chi connectivity index (χ3v) is 4.54. The first-order valence-electron chi connectivity index (χ1n) is 9.09. The average Bonchev–Trinajstić information content (AvgIpc) is 3.14. The van der Waals surface area contributed by atoms with Crippen molar-refractivity contribution in [2.24, 2.45) is 0 Å². The smallest absolute Gasteiger partial charge is 0.330 e. The first kappa shape index (κ1) is 17.8. The van der Waals surface area contributed by atoms with Gasteiger partial charge in [-0.05, 0) is 36.8 Å². The predicted octanol–water partition coefficient (Wildman–Crippen LogP) is 2.73. The van der Waals surface area contributed by atoms with Gasteiger partial charge in [-0.25, -0.2) is 14.3 Å². The predicted molar refractivity (Wildman–Crippen MR) is 106 cm³/mol. The molecule has 0 fully saturated rings. The maximum Gasteiger partial charge on any atom is 0.330 e. The number of nitrogens with one attached hydrogen (secondary N) is 1. The summed E-state index contributed by atoms with van der Waals surface area (Å²) in [7, 11) is 0. The van der Waals surface area contributed by atoms with Crippen LogP contribution in [0.5, 0.6) is 11.5 Å². The van der Waals surface area contributed by atoms with Crippen LogP contribution in [0, 0.1) is 0 Å². The molecule has 2 heterocycles. The zero-order valence-electron chi connectivity index (χ0n) is 15.4. The van der Waals surface area contributed by atoms with Crippen molar-refractivity contribution in [1.29, 1.82) is 0 Å². The minimum absolute atomic E-state index is 0.0855. The lowest BCUT2D eigenvalue weighted by Gasteiger charge is -2.14. The highest BCUT2D eigenvalue weighted by atomic mass is 16.7. The number of rotatable bonds is 4. The van der Waals surface area contributed by atoms with E-state index in [0.717, 1.165) is 17.4 Å². The Bertz CT molecular complexity index is 1110. The van der Waals surface area contributed by atoms with Crippen LogP contribution in [-0.4, -0.2) is 28.9 Å². The SMILES string of the molecule is CCCCNC(=O)n1c(-c2ccc(N)cc2)nc2cc3c(cc2c1=O)OCO3. The Balaban J connectivity index is 1.92. The number of hydrogen-bond acceptors (Lipinski definition) is 6. The number of benzene rings is 2. The molecule has 2 aromatic carbocycles. The van der Waals surface area contributed by atoms with Gasteiger partial charge in [-0.2, -0.15) is 0 Å². The van der Waals surface area contributed by atoms with E-state index < -0.39 is 11.6 Å². The largest absolute Gasteiger partial charge is 0.454 e. The molecule has 0 saturated heterocycles. The number of hydrogen-bond donors (Lipinski definition) is 2. The molecule has 1 aromatic heterocycles. The van der Waals surface area contributed by atoms with Crippen molar-refractivity contribution < 1.29 is 14.3 Å². The number of amides is 1. The number of nitrogens with two attached hydrogens (primary N) is 1. The number of carbonyl (C=O) groups is 1. The normalized spacial score (nSPS) is 12.3. The molecule has 0 bridgehead atoms. The van der Waals surface area contributed by atoms with Crippen molar-refractivity contribution in [2.75, 3.05) is 19.1 Å². The lowest BCUT2D eigenvalue weighted by molar-refractivity contribution is 0.174. The van der Waals surface area contributed by atoms with Crippen molar-refractivity contribution >= 4 is 22.6 Å². The Morgan fingerprint density at radius 3 is 2.64 bits per heavy atom. The molecule has 3 N–H and O–H groups in total. The number of nitrogens with zero attached hydrogens (tertiary/aromatic N) is 2. The second-order valence-corrected chi connectivity index (χ2v) is 6.51. The summed E-state index contributed by atoms with van der Waals surface area (Å²) in [5.41, 5.74) is 6.91. The van der Waals surface area contributed by atoms with Gasteiger partial charge in [0.1, 0.15) is 0 Å². The molecule has 0 aliphatic carbocycles. The highest BCUT2D eigenvalue weighted by molar-refractivity contribution is 5.89. The number of unbranched alkanes of at least 4 members (excludes halogenated alkanes) is 1. The summed E-state index contributed by atoms with van der Waals surface area (Å²) in [6, 6.07) is 9.55. The van der Waals surface area contributed by atoms with E-state index in [-0.39, 0.29) is 18.0 Å². The lowest BCUT2D eigenvalue weighted by Crippen LogP contribution is -2.38. The Kier molecular flexibility index (Phi) is 4.60. The van der Waals surface area contributed by atoms with E-state index in [9.17, 15) is 9.59 Å². The molecule has 0 spiro atoms. The zero-order chi connectivity index (χ0) is 19.7. The molecule has 144 valence electrons. The first-order valence-corrected chi connectivity index (χ1v) is 9.09. The molecule has 0 atom stereocenters. The molecule has 1 aliphatic rings. The fourth-order valence-electron chi connectivity index (χ4n) is 3.04. The maximum atomic E-state index is 13.2. The first-order chi connectivity index (χ1) is 13.6. The Morgan fingerprint density at radius 2 is 1.93 bits per heavy atom. The van der Waals surface area contributed by atoms with E-state index >= 15 is 0 Å². The van der Waals surface area contributed by atoms with Gasteiger partial charge in [-0.3, -0.25) is 4.79 Å². The molecule has 1 amide bonds. The molecule has 1 aliphatic heterocycles. The summed E-state index contributed by atoms with van der Waals surface area (Å²) < 4.78 is 11.8. The topological polar surface area (TPSA) is 108 Å². The fourth-order valence-corrected chi connectivity index (χ4v) is 3.04. The second kappa shape index (κ2) is 7.22. The molecule has 8 nitrogen and oxygen atoms in total. The van der Waals surface area contributed by atoms with Crippen molar-refractivity contribution in [3.8, 4) is 22.9 Å². The third-order valence-electron chi connectivity index (χ3n) is 4.54. The highest BCUT2D eigenvalue weighted by Gasteiger charge is 2.22. The average molecular weight is 380 g/mol. The van der Waals surface area contributed by atoms with Crippen LogP contribution in [0.3, 0.4) is 0 Å². The molecule has 8 heteroatoms. The lowest BCUT2D eigenvalue weighted by atomic mass is 10.1. The molecule has 0 unspecified atom stereocenters. The van der Waals surface area contributed by atoms with Crippen LogP contribution in [0.25, 0.3) is 22.3 Å². The summed E-state index contributed by atoms with van der Waals surface area (Å²) in [6.45, 7) is 2.59. The van der Waals surface area contributed by atoms with Crippen molar-refractivity contribution in [3.05, 3.63) is 46.8 Å². The van der Waals surface area contributed by atoms with Crippen LogP contribution in [0.1, 0.15) is 19.8 Å². The van der Waals surface area contributed by atoms with E-state index in [1.54, 1.807) is 36.4 Å². The van der Waals surface area contributed by atoms with Gasteiger partial charge in [0.2, 0.25) is 6.79 Å². The van der Waals surface area contributed by atoms with Gasteiger partial charge in [-0.1, -0.05) is 13.3 Å². The summed E-state index contributed by atoms with van der Waals surface area (Å²) in [5.74, 6) is 1.22. The summed E-state index contributed by atoms with van der Waals surface area (Å²) in [5, 5.41) is 3.07. The molecular formula is C20H20N4O4. The number of ether oxygens (including phenoxy) is 2. The van der Waals surface area contributed by atoms with Gasteiger partial charge in [0.05, 0.1) is 10.9 Å². The van der Waals surface area contributed by atoms with Crippen molar-refractivity contribution in [3.63, 3.8) is 0 Å². The molecule has 4 rings (SSSR count). The number of anilines is 1. The molecule has 3 aromatic rings. The Morgan fingerprint density at radius 1 is 1.21 bits per heavy atom. The number of carbonyl (C=O) groups excluding carboxylic acids is 1. The van der Waals surface area contributed by atoms with Crippen molar-refractivity contribution in [2.45, 2.75) is 19.8 Å². The Labute approximate surface area is 160 Å².